The molecular formula is C16H18F2N2O. The molecule has 0 aliphatic carbocycles. The Morgan fingerprint density at radius 2 is 1.76 bits per heavy atom. The van der Waals surface area contributed by atoms with Gasteiger partial charge in [-0.15, -0.1) is 0 Å². The van der Waals surface area contributed by atoms with E-state index < -0.39 is 17.7 Å². The van der Waals surface area contributed by atoms with Crippen molar-refractivity contribution in [1.82, 2.24) is 0 Å². The van der Waals surface area contributed by atoms with Crippen molar-refractivity contribution in [1.29, 1.82) is 0 Å². The summed E-state index contributed by atoms with van der Waals surface area (Å²) in [6.07, 6.45) is 0. The molecule has 0 heterocycles. The van der Waals surface area contributed by atoms with Crippen LogP contribution in [0.5, 0.6) is 5.75 Å². The normalized spacial score (nSPS) is 12.0. The van der Waals surface area contributed by atoms with E-state index in [9.17, 15) is 8.78 Å². The fourth-order valence-electron chi connectivity index (χ4n) is 2.09. The quantitative estimate of drug-likeness (QED) is 0.920. The van der Waals surface area contributed by atoms with Crippen molar-refractivity contribution in [3.05, 3.63) is 59.7 Å². The fourth-order valence-corrected chi connectivity index (χ4v) is 2.09. The van der Waals surface area contributed by atoms with E-state index in [4.69, 9.17) is 10.5 Å². The van der Waals surface area contributed by atoms with E-state index >= 15 is 0 Å². The molecule has 1 unspecified atom stereocenters. The van der Waals surface area contributed by atoms with Gasteiger partial charge in [-0.3, -0.25) is 0 Å². The Balaban J connectivity index is 2.06. The first-order chi connectivity index (χ1) is 10.0. The summed E-state index contributed by atoms with van der Waals surface area (Å²) in [5.74, 6) is -0.971. The van der Waals surface area contributed by atoms with Crippen molar-refractivity contribution < 1.29 is 13.5 Å². The number of halogens is 2. The Hall–Kier alpha value is -2.14. The largest absolute Gasteiger partial charge is 0.497 e. The minimum atomic E-state index is -0.880. The third-order valence-electron chi connectivity index (χ3n) is 3.36. The lowest BCUT2D eigenvalue weighted by Gasteiger charge is -2.24. The highest BCUT2D eigenvalue weighted by Crippen LogP contribution is 2.21. The van der Waals surface area contributed by atoms with Crippen molar-refractivity contribution in [3.63, 3.8) is 0 Å². The van der Waals surface area contributed by atoms with Gasteiger partial charge < -0.3 is 15.4 Å². The molecule has 0 saturated carbocycles. The van der Waals surface area contributed by atoms with Crippen LogP contribution in [0.2, 0.25) is 0 Å². The minimum Gasteiger partial charge on any atom is -0.497 e. The molecule has 0 fully saturated rings. The molecule has 0 radical (unpaired) electrons. The van der Waals surface area contributed by atoms with E-state index in [1.54, 1.807) is 7.11 Å². The van der Waals surface area contributed by atoms with Crippen LogP contribution in [0, 0.1) is 11.6 Å². The van der Waals surface area contributed by atoms with Crippen LogP contribution in [-0.4, -0.2) is 20.7 Å². The summed E-state index contributed by atoms with van der Waals surface area (Å²) in [5.41, 5.74) is 7.58. The summed E-state index contributed by atoms with van der Waals surface area (Å²) in [4.78, 5) is 1.95. The Labute approximate surface area is 122 Å². The van der Waals surface area contributed by atoms with Crippen LogP contribution in [0.25, 0.3) is 0 Å². The zero-order valence-corrected chi connectivity index (χ0v) is 12.0. The van der Waals surface area contributed by atoms with E-state index in [0.29, 0.717) is 12.1 Å². The number of rotatable bonds is 5. The minimum absolute atomic E-state index is 0.410. The second-order valence-electron chi connectivity index (χ2n) is 4.86. The zero-order chi connectivity index (χ0) is 15.4. The van der Waals surface area contributed by atoms with Crippen LogP contribution in [-0.2, 0) is 0 Å². The van der Waals surface area contributed by atoms with E-state index in [1.165, 1.54) is 6.07 Å². The molecule has 5 heteroatoms. The number of likely N-dealkylation sites (N-methyl/N-ethyl adjacent to an activating group) is 1. The summed E-state index contributed by atoms with van der Waals surface area (Å²) >= 11 is 0. The van der Waals surface area contributed by atoms with Gasteiger partial charge in [-0.25, -0.2) is 8.78 Å². The van der Waals surface area contributed by atoms with Gasteiger partial charge in [0, 0.05) is 25.3 Å². The Bertz CT molecular complexity index is 602. The molecular weight excluding hydrogens is 274 g/mol. The second kappa shape index (κ2) is 6.54. The molecule has 0 amide bonds. The van der Waals surface area contributed by atoms with Gasteiger partial charge in [-0.2, -0.15) is 0 Å². The van der Waals surface area contributed by atoms with Crippen LogP contribution >= 0.6 is 0 Å². The SMILES string of the molecule is COc1ccc(N(C)CC(N)c2ccc(F)c(F)c2)cc1. The highest BCUT2D eigenvalue weighted by Gasteiger charge is 2.12. The standard InChI is InChI=1S/C16H18F2N2O/c1-20(12-4-6-13(21-2)7-5-12)10-16(19)11-3-8-14(17)15(18)9-11/h3-9,16H,10,19H2,1-2H3. The Morgan fingerprint density at radius 3 is 2.33 bits per heavy atom. The monoisotopic (exact) mass is 292 g/mol. The maximum atomic E-state index is 13.2. The maximum Gasteiger partial charge on any atom is 0.159 e. The van der Waals surface area contributed by atoms with E-state index in [2.05, 4.69) is 0 Å². The van der Waals surface area contributed by atoms with E-state index in [0.717, 1.165) is 23.6 Å². The predicted octanol–water partition coefficient (Wildman–Crippen LogP) is 3.11. The summed E-state index contributed by atoms with van der Waals surface area (Å²) in [7, 11) is 3.50. The summed E-state index contributed by atoms with van der Waals surface area (Å²) in [6.45, 7) is 0.484. The molecule has 2 aromatic carbocycles. The van der Waals surface area contributed by atoms with Crippen molar-refractivity contribution >= 4 is 5.69 Å². The number of hydrogen-bond acceptors (Lipinski definition) is 3. The highest BCUT2D eigenvalue weighted by atomic mass is 19.2. The van der Waals surface area contributed by atoms with Gasteiger partial charge in [-0.05, 0) is 42.0 Å². The van der Waals surface area contributed by atoms with Crippen LogP contribution in [0.1, 0.15) is 11.6 Å². The number of benzene rings is 2. The molecule has 1 atom stereocenters. The molecule has 21 heavy (non-hydrogen) atoms. The topological polar surface area (TPSA) is 38.5 Å². The van der Waals surface area contributed by atoms with Gasteiger partial charge in [0.15, 0.2) is 11.6 Å². The average Bonchev–Trinajstić information content (AvgIpc) is 2.50. The number of methoxy groups -OCH3 is 1. The third kappa shape index (κ3) is 3.70. The first-order valence-corrected chi connectivity index (χ1v) is 6.57. The summed E-state index contributed by atoms with van der Waals surface area (Å²) in [6, 6.07) is 10.9. The van der Waals surface area contributed by atoms with E-state index in [-0.39, 0.29) is 0 Å². The van der Waals surface area contributed by atoms with E-state index in [1.807, 2.05) is 36.2 Å². The van der Waals surface area contributed by atoms with Crippen LogP contribution in [0.15, 0.2) is 42.5 Å². The van der Waals surface area contributed by atoms with Gasteiger partial charge in [0.05, 0.1) is 7.11 Å². The first kappa shape index (κ1) is 15.3. The predicted molar refractivity (Wildman–Crippen MR) is 79.6 cm³/mol. The molecule has 0 aromatic heterocycles. The maximum absolute atomic E-state index is 13.2. The van der Waals surface area contributed by atoms with Crippen molar-refractivity contribution in [2.45, 2.75) is 6.04 Å². The van der Waals surface area contributed by atoms with Gasteiger partial charge >= 0.3 is 0 Å². The summed E-state index contributed by atoms with van der Waals surface area (Å²) < 4.78 is 31.3. The van der Waals surface area contributed by atoms with Crippen molar-refractivity contribution in [2.24, 2.45) is 5.73 Å². The van der Waals surface area contributed by atoms with Gasteiger partial charge in [-0.1, -0.05) is 6.07 Å². The van der Waals surface area contributed by atoms with Gasteiger partial charge in [0.25, 0.3) is 0 Å². The molecule has 112 valence electrons. The number of nitrogens with zero attached hydrogens (tertiary/aromatic N) is 1. The number of anilines is 1. The molecule has 0 aliphatic heterocycles. The van der Waals surface area contributed by atoms with Crippen molar-refractivity contribution in [2.75, 3.05) is 25.6 Å². The zero-order valence-electron chi connectivity index (χ0n) is 12.0. The molecule has 2 N–H and O–H groups in total. The Kier molecular flexibility index (Phi) is 4.75. The molecule has 2 aromatic rings. The molecule has 0 bridgehead atoms. The molecule has 0 aliphatic rings. The smallest absolute Gasteiger partial charge is 0.159 e. The van der Waals surface area contributed by atoms with Gasteiger partial charge in [0.1, 0.15) is 5.75 Å². The fraction of sp³-hybridized carbons (Fsp3) is 0.250. The second-order valence-corrected chi connectivity index (χ2v) is 4.86. The lowest BCUT2D eigenvalue weighted by molar-refractivity contribution is 0.415. The lowest BCUT2D eigenvalue weighted by atomic mass is 10.1. The van der Waals surface area contributed by atoms with Gasteiger partial charge in [0.2, 0.25) is 0 Å². The third-order valence-corrected chi connectivity index (χ3v) is 3.36. The molecule has 2 rings (SSSR count). The molecule has 3 nitrogen and oxygen atoms in total. The lowest BCUT2D eigenvalue weighted by Crippen LogP contribution is -2.29. The molecule has 0 spiro atoms. The number of ether oxygens (including phenoxy) is 1. The van der Waals surface area contributed by atoms with Crippen LogP contribution < -0.4 is 15.4 Å². The Morgan fingerprint density at radius 1 is 1.10 bits per heavy atom. The highest BCUT2D eigenvalue weighted by molar-refractivity contribution is 5.48. The number of hydrogen-bond donors (Lipinski definition) is 1. The molecule has 0 saturated heterocycles. The first-order valence-electron chi connectivity index (χ1n) is 6.57. The average molecular weight is 292 g/mol. The van der Waals surface area contributed by atoms with Crippen LogP contribution in [0.3, 0.4) is 0 Å². The van der Waals surface area contributed by atoms with Crippen molar-refractivity contribution in [3.8, 4) is 5.75 Å². The number of nitrogens with two attached hydrogens (primary N) is 1. The van der Waals surface area contributed by atoms with Crippen LogP contribution in [0.4, 0.5) is 14.5 Å². The summed E-state index contributed by atoms with van der Waals surface area (Å²) in [5, 5.41) is 0.